The first-order valence-electron chi connectivity index (χ1n) is 4.22. The molecule has 3 nitrogen and oxygen atoms in total. The van der Waals surface area contributed by atoms with Crippen LogP contribution >= 0.6 is 0 Å². The average Bonchev–Trinajstić information content (AvgIpc) is 2.03. The largest absolute Gasteiger partial charge is 0.326 e. The predicted molar refractivity (Wildman–Crippen MR) is 48.8 cm³/mol. The third-order valence-electron chi connectivity index (χ3n) is 1.99. The third-order valence-corrected chi connectivity index (χ3v) is 1.99. The standard InChI is InChI=1S/C9H15N3/c1-4-9-11-6(2)8(5-10)7(3)12-9/h4-5,10H2,1-3H3. The van der Waals surface area contributed by atoms with Crippen molar-refractivity contribution in [1.29, 1.82) is 0 Å². The molecule has 0 saturated heterocycles. The zero-order chi connectivity index (χ0) is 9.14. The Labute approximate surface area is 73.0 Å². The van der Waals surface area contributed by atoms with Gasteiger partial charge in [0.05, 0.1) is 0 Å². The summed E-state index contributed by atoms with van der Waals surface area (Å²) in [5, 5.41) is 0. The van der Waals surface area contributed by atoms with Crippen LogP contribution in [0.2, 0.25) is 0 Å². The zero-order valence-corrected chi connectivity index (χ0v) is 7.89. The van der Waals surface area contributed by atoms with E-state index in [0.29, 0.717) is 6.54 Å². The van der Waals surface area contributed by atoms with Gasteiger partial charge in [-0.05, 0) is 13.8 Å². The molecule has 0 aliphatic heterocycles. The highest BCUT2D eigenvalue weighted by molar-refractivity contribution is 5.23. The van der Waals surface area contributed by atoms with Crippen molar-refractivity contribution in [3.8, 4) is 0 Å². The summed E-state index contributed by atoms with van der Waals surface area (Å²) >= 11 is 0. The van der Waals surface area contributed by atoms with Crippen LogP contribution in [-0.2, 0) is 13.0 Å². The van der Waals surface area contributed by atoms with Crippen molar-refractivity contribution in [2.24, 2.45) is 5.73 Å². The smallest absolute Gasteiger partial charge is 0.128 e. The molecular weight excluding hydrogens is 150 g/mol. The van der Waals surface area contributed by atoms with Crippen LogP contribution < -0.4 is 5.73 Å². The molecule has 2 N–H and O–H groups in total. The molecule has 0 spiro atoms. The van der Waals surface area contributed by atoms with Gasteiger partial charge in [0.2, 0.25) is 0 Å². The van der Waals surface area contributed by atoms with Gasteiger partial charge in [0.25, 0.3) is 0 Å². The molecule has 0 fully saturated rings. The molecular formula is C9H15N3. The van der Waals surface area contributed by atoms with Gasteiger partial charge in [-0.25, -0.2) is 9.97 Å². The minimum atomic E-state index is 0.529. The average molecular weight is 165 g/mol. The number of aromatic nitrogens is 2. The highest BCUT2D eigenvalue weighted by Crippen LogP contribution is 2.08. The second-order valence-corrected chi connectivity index (χ2v) is 2.85. The van der Waals surface area contributed by atoms with E-state index in [1.807, 2.05) is 13.8 Å². The van der Waals surface area contributed by atoms with Gasteiger partial charge in [0.1, 0.15) is 5.82 Å². The van der Waals surface area contributed by atoms with E-state index < -0.39 is 0 Å². The molecule has 1 aromatic rings. The van der Waals surface area contributed by atoms with Gasteiger partial charge in [-0.3, -0.25) is 0 Å². The predicted octanol–water partition coefficient (Wildman–Crippen LogP) is 1.11. The Hall–Kier alpha value is -0.960. The van der Waals surface area contributed by atoms with Crippen LogP contribution in [0, 0.1) is 13.8 Å². The first-order chi connectivity index (χ1) is 5.69. The molecule has 0 aromatic carbocycles. The second kappa shape index (κ2) is 3.63. The van der Waals surface area contributed by atoms with E-state index >= 15 is 0 Å². The van der Waals surface area contributed by atoms with Gasteiger partial charge in [-0.15, -0.1) is 0 Å². The van der Waals surface area contributed by atoms with Crippen LogP contribution in [0.1, 0.15) is 29.7 Å². The van der Waals surface area contributed by atoms with Gasteiger partial charge in [-0.2, -0.15) is 0 Å². The normalized spacial score (nSPS) is 10.3. The summed E-state index contributed by atoms with van der Waals surface area (Å²) in [5.41, 5.74) is 8.67. The summed E-state index contributed by atoms with van der Waals surface area (Å²) in [6, 6.07) is 0. The number of nitrogens with two attached hydrogens (primary N) is 1. The topological polar surface area (TPSA) is 51.8 Å². The molecule has 3 heteroatoms. The lowest BCUT2D eigenvalue weighted by atomic mass is 10.1. The fourth-order valence-electron chi connectivity index (χ4n) is 1.26. The van der Waals surface area contributed by atoms with E-state index in [1.165, 1.54) is 0 Å². The zero-order valence-electron chi connectivity index (χ0n) is 7.89. The molecule has 0 unspecified atom stereocenters. The summed E-state index contributed by atoms with van der Waals surface area (Å²) in [4.78, 5) is 8.66. The Kier molecular flexibility index (Phi) is 2.76. The lowest BCUT2D eigenvalue weighted by Crippen LogP contribution is -2.08. The number of hydrogen-bond acceptors (Lipinski definition) is 3. The van der Waals surface area contributed by atoms with E-state index in [0.717, 1.165) is 29.2 Å². The van der Waals surface area contributed by atoms with Crippen molar-refractivity contribution in [2.75, 3.05) is 0 Å². The summed E-state index contributed by atoms with van der Waals surface area (Å²) in [6.45, 7) is 6.55. The Morgan fingerprint density at radius 3 is 2.00 bits per heavy atom. The monoisotopic (exact) mass is 165 g/mol. The number of nitrogens with zero attached hydrogens (tertiary/aromatic N) is 2. The number of aryl methyl sites for hydroxylation is 3. The van der Waals surface area contributed by atoms with E-state index in [9.17, 15) is 0 Å². The van der Waals surface area contributed by atoms with E-state index in [4.69, 9.17) is 5.73 Å². The highest BCUT2D eigenvalue weighted by Gasteiger charge is 2.04. The molecule has 1 heterocycles. The maximum Gasteiger partial charge on any atom is 0.128 e. The fourth-order valence-corrected chi connectivity index (χ4v) is 1.26. The summed E-state index contributed by atoms with van der Waals surface area (Å²) in [7, 11) is 0. The highest BCUT2D eigenvalue weighted by atomic mass is 14.9. The van der Waals surface area contributed by atoms with Gasteiger partial charge in [0, 0.05) is 29.9 Å². The van der Waals surface area contributed by atoms with Crippen molar-refractivity contribution in [3.63, 3.8) is 0 Å². The molecule has 1 aromatic heterocycles. The first-order valence-corrected chi connectivity index (χ1v) is 4.22. The molecule has 1 rings (SSSR count). The Bertz CT molecular complexity index is 258. The lowest BCUT2D eigenvalue weighted by Gasteiger charge is -2.07. The molecule has 0 atom stereocenters. The van der Waals surface area contributed by atoms with Crippen LogP contribution in [-0.4, -0.2) is 9.97 Å². The van der Waals surface area contributed by atoms with Crippen LogP contribution in [0.15, 0.2) is 0 Å². The van der Waals surface area contributed by atoms with Crippen LogP contribution in [0.25, 0.3) is 0 Å². The van der Waals surface area contributed by atoms with E-state index in [-0.39, 0.29) is 0 Å². The Balaban J connectivity index is 3.18. The van der Waals surface area contributed by atoms with Gasteiger partial charge in [-0.1, -0.05) is 6.92 Å². The van der Waals surface area contributed by atoms with Crippen LogP contribution in [0.5, 0.6) is 0 Å². The van der Waals surface area contributed by atoms with Crippen molar-refractivity contribution >= 4 is 0 Å². The summed E-state index contributed by atoms with van der Waals surface area (Å²) in [5.74, 6) is 0.905. The van der Waals surface area contributed by atoms with E-state index in [2.05, 4.69) is 16.9 Å². The second-order valence-electron chi connectivity index (χ2n) is 2.85. The quantitative estimate of drug-likeness (QED) is 0.714. The molecule has 0 saturated carbocycles. The molecule has 0 amide bonds. The number of hydrogen-bond donors (Lipinski definition) is 1. The third kappa shape index (κ3) is 1.61. The molecule has 12 heavy (non-hydrogen) atoms. The van der Waals surface area contributed by atoms with E-state index in [1.54, 1.807) is 0 Å². The van der Waals surface area contributed by atoms with Gasteiger partial charge >= 0.3 is 0 Å². The summed E-state index contributed by atoms with van der Waals surface area (Å²) < 4.78 is 0. The maximum absolute atomic E-state index is 5.56. The van der Waals surface area contributed by atoms with Crippen LogP contribution in [0.3, 0.4) is 0 Å². The minimum Gasteiger partial charge on any atom is -0.326 e. The lowest BCUT2D eigenvalue weighted by molar-refractivity contribution is 0.853. The molecule has 0 bridgehead atoms. The fraction of sp³-hybridized carbons (Fsp3) is 0.556. The molecule has 66 valence electrons. The van der Waals surface area contributed by atoms with Gasteiger partial charge in [0.15, 0.2) is 0 Å². The van der Waals surface area contributed by atoms with Crippen molar-refractivity contribution in [3.05, 3.63) is 22.8 Å². The van der Waals surface area contributed by atoms with Crippen molar-refractivity contribution in [1.82, 2.24) is 9.97 Å². The SMILES string of the molecule is CCc1nc(C)c(CN)c(C)n1. The Morgan fingerprint density at radius 2 is 1.67 bits per heavy atom. The first kappa shape index (κ1) is 9.13. The maximum atomic E-state index is 5.56. The van der Waals surface area contributed by atoms with Crippen molar-refractivity contribution in [2.45, 2.75) is 33.7 Å². The molecule has 0 aliphatic carbocycles. The van der Waals surface area contributed by atoms with Crippen molar-refractivity contribution < 1.29 is 0 Å². The number of rotatable bonds is 2. The van der Waals surface area contributed by atoms with Crippen LogP contribution in [0.4, 0.5) is 0 Å². The molecule has 0 aliphatic rings. The molecule has 0 radical (unpaired) electrons. The summed E-state index contributed by atoms with van der Waals surface area (Å²) in [6.07, 6.45) is 0.881. The van der Waals surface area contributed by atoms with Gasteiger partial charge < -0.3 is 5.73 Å². The Morgan fingerprint density at radius 1 is 1.17 bits per heavy atom. The minimum absolute atomic E-state index is 0.529.